The largest absolute Gasteiger partial charge is 0.427 e. The average molecular weight is 343 g/mol. The minimum absolute atomic E-state index is 0.0151. The highest BCUT2D eigenvalue weighted by Crippen LogP contribution is 2.25. The second-order valence-corrected chi connectivity index (χ2v) is 5.53. The molecular weight excluding hydrogens is 337 g/mol. The summed E-state index contributed by atoms with van der Waals surface area (Å²) in [7, 11) is 0. The lowest BCUT2D eigenvalue weighted by Crippen LogP contribution is -2.30. The van der Waals surface area contributed by atoms with Gasteiger partial charge in [0.25, 0.3) is 5.56 Å². The molecule has 2 aromatic carbocycles. The van der Waals surface area contributed by atoms with Crippen molar-refractivity contribution >= 4 is 45.8 Å². The summed E-state index contributed by atoms with van der Waals surface area (Å²) in [4.78, 5) is 24.5. The third-order valence-corrected chi connectivity index (χ3v) is 3.65. The number of hydrogen-bond donors (Lipinski definition) is 0. The van der Waals surface area contributed by atoms with Gasteiger partial charge in [-0.2, -0.15) is 0 Å². The molecule has 0 amide bonds. The van der Waals surface area contributed by atoms with Crippen molar-refractivity contribution < 1.29 is 4.42 Å². The van der Waals surface area contributed by atoms with Crippen LogP contribution in [0, 0.1) is 0 Å². The van der Waals surface area contributed by atoms with Crippen molar-refractivity contribution in [2.24, 2.45) is 0 Å². The highest BCUT2D eigenvalue weighted by Gasteiger charge is 2.14. The Labute approximate surface area is 133 Å². The summed E-state index contributed by atoms with van der Waals surface area (Å²) in [5.74, 6) is -0.834. The van der Waals surface area contributed by atoms with E-state index in [1.807, 2.05) is 0 Å². The molecule has 0 saturated carbocycles. The normalized spacial score (nSPS) is 11.0. The number of hydrogen-bond acceptors (Lipinski definition) is 3. The lowest BCUT2D eigenvalue weighted by molar-refractivity contribution is 0.504. The zero-order chi connectivity index (χ0) is 15.1. The first-order chi connectivity index (χ1) is 9.97. The summed E-state index contributed by atoms with van der Waals surface area (Å²) < 4.78 is 6.02. The van der Waals surface area contributed by atoms with E-state index in [1.54, 1.807) is 24.3 Å². The molecule has 7 heteroatoms. The van der Waals surface area contributed by atoms with Crippen LogP contribution < -0.4 is 11.3 Å². The van der Waals surface area contributed by atoms with Crippen LogP contribution in [0.15, 0.2) is 50.4 Å². The first kappa shape index (κ1) is 14.2. The van der Waals surface area contributed by atoms with Crippen LogP contribution >= 0.6 is 34.8 Å². The minimum atomic E-state index is -0.834. The smallest absolute Gasteiger partial charge is 0.407 e. The van der Waals surface area contributed by atoms with Gasteiger partial charge in [0.15, 0.2) is 5.58 Å². The second-order valence-electron chi connectivity index (χ2n) is 4.25. The molecule has 3 rings (SSSR count). The molecule has 4 nitrogen and oxygen atoms in total. The third-order valence-electron chi connectivity index (χ3n) is 2.90. The summed E-state index contributed by atoms with van der Waals surface area (Å²) in [6, 6.07) is 9.02. The maximum atomic E-state index is 12.5. The number of nitrogens with zero attached hydrogens (tertiary/aromatic N) is 1. The Hall–Kier alpha value is -1.75. The average Bonchev–Trinajstić information content (AvgIpc) is 2.42. The predicted octanol–water partition coefficient (Wildman–Crippen LogP) is 3.90. The predicted molar refractivity (Wildman–Crippen MR) is 83.1 cm³/mol. The fraction of sp³-hybridized carbons (Fsp3) is 0. The molecule has 0 bridgehead atoms. The molecule has 0 aliphatic heterocycles. The second kappa shape index (κ2) is 5.22. The van der Waals surface area contributed by atoms with E-state index in [9.17, 15) is 9.59 Å². The Balaban J connectivity index is 2.42. The highest BCUT2D eigenvalue weighted by atomic mass is 35.5. The first-order valence-corrected chi connectivity index (χ1v) is 6.91. The standard InChI is InChI=1S/C14H6Cl3NO3/c15-7-1-3-9(4-2-7)18-13(19)10-5-8(16)6-11(17)12(10)21-14(18)20/h1-6H. The van der Waals surface area contributed by atoms with Crippen molar-refractivity contribution in [1.29, 1.82) is 0 Å². The van der Waals surface area contributed by atoms with Gasteiger partial charge >= 0.3 is 5.76 Å². The number of rotatable bonds is 1. The Morgan fingerprint density at radius 3 is 2.24 bits per heavy atom. The van der Waals surface area contributed by atoms with Crippen molar-refractivity contribution in [2.45, 2.75) is 0 Å². The van der Waals surface area contributed by atoms with E-state index in [2.05, 4.69) is 0 Å². The van der Waals surface area contributed by atoms with Gasteiger partial charge in [-0.1, -0.05) is 34.8 Å². The molecule has 0 spiro atoms. The maximum Gasteiger partial charge on any atom is 0.427 e. The van der Waals surface area contributed by atoms with E-state index in [-0.39, 0.29) is 21.0 Å². The van der Waals surface area contributed by atoms with E-state index in [1.165, 1.54) is 12.1 Å². The maximum absolute atomic E-state index is 12.5. The molecule has 0 saturated heterocycles. The number of benzene rings is 2. The van der Waals surface area contributed by atoms with Crippen LogP contribution in [0.4, 0.5) is 0 Å². The fourth-order valence-corrected chi connectivity index (χ4v) is 2.63. The quantitative estimate of drug-likeness (QED) is 0.674. The molecule has 1 aromatic heterocycles. The number of halogens is 3. The van der Waals surface area contributed by atoms with E-state index in [0.29, 0.717) is 10.7 Å². The molecule has 0 atom stereocenters. The van der Waals surface area contributed by atoms with Crippen molar-refractivity contribution in [3.05, 3.63) is 72.4 Å². The van der Waals surface area contributed by atoms with Crippen LogP contribution in [0.5, 0.6) is 0 Å². The summed E-state index contributed by atoms with van der Waals surface area (Å²) in [6.45, 7) is 0. The van der Waals surface area contributed by atoms with E-state index in [4.69, 9.17) is 39.2 Å². The minimum Gasteiger partial charge on any atom is -0.407 e. The lowest BCUT2D eigenvalue weighted by atomic mass is 10.2. The summed E-state index contributed by atoms with van der Waals surface area (Å²) in [6.07, 6.45) is 0. The van der Waals surface area contributed by atoms with Crippen LogP contribution in [0.1, 0.15) is 0 Å². The van der Waals surface area contributed by atoms with Gasteiger partial charge in [-0.3, -0.25) is 4.79 Å². The van der Waals surface area contributed by atoms with Gasteiger partial charge < -0.3 is 4.42 Å². The molecule has 0 aliphatic carbocycles. The first-order valence-electron chi connectivity index (χ1n) is 5.78. The van der Waals surface area contributed by atoms with Gasteiger partial charge in [0.1, 0.15) is 0 Å². The molecule has 106 valence electrons. The molecular formula is C14H6Cl3NO3. The highest BCUT2D eigenvalue weighted by molar-refractivity contribution is 6.38. The zero-order valence-corrected chi connectivity index (χ0v) is 12.5. The van der Waals surface area contributed by atoms with Gasteiger partial charge in [-0.15, -0.1) is 0 Å². The number of aromatic nitrogens is 1. The molecule has 21 heavy (non-hydrogen) atoms. The Morgan fingerprint density at radius 1 is 0.905 bits per heavy atom. The summed E-state index contributed by atoms with van der Waals surface area (Å²) in [5, 5.41) is 1.00. The summed E-state index contributed by atoms with van der Waals surface area (Å²) >= 11 is 17.6. The Kier molecular flexibility index (Phi) is 3.53. The molecule has 3 aromatic rings. The third kappa shape index (κ3) is 2.46. The Morgan fingerprint density at radius 2 is 1.57 bits per heavy atom. The van der Waals surface area contributed by atoms with Gasteiger partial charge in [0.2, 0.25) is 0 Å². The summed E-state index contributed by atoms with van der Waals surface area (Å²) in [5.41, 5.74) is -0.203. The monoisotopic (exact) mass is 341 g/mol. The molecule has 0 N–H and O–H groups in total. The van der Waals surface area contributed by atoms with Gasteiger partial charge in [-0.05, 0) is 36.4 Å². The molecule has 0 unspecified atom stereocenters. The van der Waals surface area contributed by atoms with Gasteiger partial charge in [0, 0.05) is 10.0 Å². The van der Waals surface area contributed by atoms with Crippen LogP contribution in [0.25, 0.3) is 16.7 Å². The Bertz CT molecular complexity index is 958. The van der Waals surface area contributed by atoms with Crippen LogP contribution in [0.2, 0.25) is 15.1 Å². The van der Waals surface area contributed by atoms with E-state index >= 15 is 0 Å². The zero-order valence-electron chi connectivity index (χ0n) is 10.3. The van der Waals surface area contributed by atoms with Crippen molar-refractivity contribution in [3.63, 3.8) is 0 Å². The van der Waals surface area contributed by atoms with Crippen LogP contribution in [-0.4, -0.2) is 4.57 Å². The van der Waals surface area contributed by atoms with E-state index < -0.39 is 11.3 Å². The SMILES string of the molecule is O=c1oc2c(Cl)cc(Cl)cc2c(=O)n1-c1ccc(Cl)cc1. The number of fused-ring (bicyclic) bond motifs is 1. The topological polar surface area (TPSA) is 52.2 Å². The lowest BCUT2D eigenvalue weighted by Gasteiger charge is -2.06. The van der Waals surface area contributed by atoms with Crippen molar-refractivity contribution in [3.8, 4) is 5.69 Å². The molecule has 0 fully saturated rings. The van der Waals surface area contributed by atoms with E-state index in [0.717, 1.165) is 4.57 Å². The van der Waals surface area contributed by atoms with Crippen LogP contribution in [-0.2, 0) is 0 Å². The van der Waals surface area contributed by atoms with Gasteiger partial charge in [0.05, 0.1) is 16.1 Å². The molecule has 0 aliphatic rings. The fourth-order valence-electron chi connectivity index (χ4n) is 1.97. The molecule has 0 radical (unpaired) electrons. The van der Waals surface area contributed by atoms with Crippen molar-refractivity contribution in [1.82, 2.24) is 4.57 Å². The van der Waals surface area contributed by atoms with Crippen molar-refractivity contribution in [2.75, 3.05) is 0 Å². The van der Waals surface area contributed by atoms with Crippen LogP contribution in [0.3, 0.4) is 0 Å². The molecule has 1 heterocycles. The van der Waals surface area contributed by atoms with Gasteiger partial charge in [-0.25, -0.2) is 9.36 Å².